The predicted octanol–water partition coefficient (Wildman–Crippen LogP) is 3.77. The number of nitrogens with zero attached hydrogens (tertiary/aromatic N) is 4. The van der Waals surface area contributed by atoms with E-state index in [1.165, 1.54) is 5.56 Å². The van der Waals surface area contributed by atoms with Crippen LogP contribution in [0.1, 0.15) is 5.56 Å². The first-order valence-corrected chi connectivity index (χ1v) is 7.16. The minimum Gasteiger partial charge on any atom is -0.192 e. The second-order valence-electron chi connectivity index (χ2n) is 5.25. The van der Waals surface area contributed by atoms with Crippen molar-refractivity contribution in [3.63, 3.8) is 0 Å². The van der Waals surface area contributed by atoms with E-state index in [-0.39, 0.29) is 0 Å². The van der Waals surface area contributed by atoms with Crippen molar-refractivity contribution in [3.05, 3.63) is 72.3 Å². The summed E-state index contributed by atoms with van der Waals surface area (Å²) in [5.41, 5.74) is 4.97. The molecule has 22 heavy (non-hydrogen) atoms. The van der Waals surface area contributed by atoms with Crippen LogP contribution in [0, 0.1) is 6.92 Å². The minimum absolute atomic E-state index is 0.746. The highest BCUT2D eigenvalue weighted by atomic mass is 15.4. The van der Waals surface area contributed by atoms with Gasteiger partial charge in [0.05, 0.1) is 5.69 Å². The quantitative estimate of drug-likeness (QED) is 0.563. The summed E-state index contributed by atoms with van der Waals surface area (Å²) in [7, 11) is 0. The van der Waals surface area contributed by atoms with E-state index < -0.39 is 0 Å². The molecule has 0 saturated carbocycles. The van der Waals surface area contributed by atoms with Crippen LogP contribution in [0.4, 0.5) is 0 Å². The summed E-state index contributed by atoms with van der Waals surface area (Å²) in [4.78, 5) is 0. The molecule has 2 aromatic carbocycles. The van der Waals surface area contributed by atoms with Crippen LogP contribution in [0.2, 0.25) is 0 Å². The van der Waals surface area contributed by atoms with Crippen LogP contribution in [0.15, 0.2) is 66.7 Å². The molecule has 0 saturated heterocycles. The van der Waals surface area contributed by atoms with Gasteiger partial charge in [-0.3, -0.25) is 0 Å². The van der Waals surface area contributed by atoms with Gasteiger partial charge in [0.2, 0.25) is 0 Å². The monoisotopic (exact) mass is 286 g/mol. The normalized spacial score (nSPS) is 11.0. The van der Waals surface area contributed by atoms with Gasteiger partial charge in [-0.15, -0.1) is 10.2 Å². The maximum absolute atomic E-state index is 4.71. The highest BCUT2D eigenvalue weighted by molar-refractivity contribution is 5.63. The number of aryl methyl sites for hydroxylation is 1. The maximum atomic E-state index is 4.71. The number of hydrogen-bond acceptors (Lipinski definition) is 3. The van der Waals surface area contributed by atoms with Gasteiger partial charge >= 0.3 is 0 Å². The molecule has 0 radical (unpaired) electrons. The molecule has 0 fully saturated rings. The lowest BCUT2D eigenvalue weighted by molar-refractivity contribution is 0.942. The molecule has 0 bridgehead atoms. The Kier molecular flexibility index (Phi) is 2.93. The molecule has 0 spiro atoms. The summed E-state index contributed by atoms with van der Waals surface area (Å²) < 4.78 is 1.80. The van der Waals surface area contributed by atoms with E-state index in [0.29, 0.717) is 0 Å². The molecule has 0 aliphatic carbocycles. The first-order valence-electron chi connectivity index (χ1n) is 7.16. The van der Waals surface area contributed by atoms with E-state index in [1.807, 2.05) is 48.5 Å². The van der Waals surface area contributed by atoms with Gasteiger partial charge in [-0.25, -0.2) is 0 Å². The average Bonchev–Trinajstić information content (AvgIpc) is 2.99. The second kappa shape index (κ2) is 5.07. The molecule has 2 heterocycles. The molecule has 0 N–H and O–H groups in total. The van der Waals surface area contributed by atoms with E-state index >= 15 is 0 Å². The van der Waals surface area contributed by atoms with Gasteiger partial charge in [0.25, 0.3) is 0 Å². The Morgan fingerprint density at radius 2 is 1.59 bits per heavy atom. The highest BCUT2D eigenvalue weighted by Crippen LogP contribution is 2.21. The van der Waals surface area contributed by atoms with Crippen molar-refractivity contribution >= 4 is 5.65 Å². The van der Waals surface area contributed by atoms with Crippen LogP contribution >= 0.6 is 0 Å². The van der Waals surface area contributed by atoms with Crippen molar-refractivity contribution in [1.29, 1.82) is 0 Å². The van der Waals surface area contributed by atoms with E-state index in [9.17, 15) is 0 Å². The zero-order valence-electron chi connectivity index (χ0n) is 12.1. The molecule has 2 aromatic heterocycles. The standard InChI is InChI=1S/C18H14N4/c1-13-6-5-9-15(12-13)16-10-11-17-19-20-18(22(17)21-16)14-7-3-2-4-8-14/h2-12H,1H3. The number of aromatic nitrogens is 4. The second-order valence-corrected chi connectivity index (χ2v) is 5.25. The van der Waals surface area contributed by atoms with E-state index in [2.05, 4.69) is 35.3 Å². The lowest BCUT2D eigenvalue weighted by Crippen LogP contribution is -1.97. The van der Waals surface area contributed by atoms with Crippen LogP contribution in [0.25, 0.3) is 28.3 Å². The molecular formula is C18H14N4. The van der Waals surface area contributed by atoms with Crippen LogP contribution in [-0.2, 0) is 0 Å². The van der Waals surface area contributed by atoms with Crippen molar-refractivity contribution in [3.8, 4) is 22.6 Å². The lowest BCUT2D eigenvalue weighted by Gasteiger charge is -2.04. The third-order valence-electron chi connectivity index (χ3n) is 3.61. The molecule has 4 rings (SSSR count). The molecular weight excluding hydrogens is 272 g/mol. The van der Waals surface area contributed by atoms with Crippen molar-refractivity contribution in [2.24, 2.45) is 0 Å². The van der Waals surface area contributed by atoms with E-state index in [0.717, 1.165) is 28.3 Å². The molecule has 0 aliphatic heterocycles. The molecule has 4 heteroatoms. The van der Waals surface area contributed by atoms with E-state index in [1.54, 1.807) is 4.52 Å². The van der Waals surface area contributed by atoms with Crippen molar-refractivity contribution in [2.75, 3.05) is 0 Å². The van der Waals surface area contributed by atoms with E-state index in [4.69, 9.17) is 5.10 Å². The summed E-state index contributed by atoms with van der Waals surface area (Å²) >= 11 is 0. The van der Waals surface area contributed by atoms with Crippen molar-refractivity contribution in [1.82, 2.24) is 19.8 Å². The van der Waals surface area contributed by atoms with Gasteiger partial charge in [0.15, 0.2) is 11.5 Å². The lowest BCUT2D eigenvalue weighted by atomic mass is 10.1. The van der Waals surface area contributed by atoms with Gasteiger partial charge in [0, 0.05) is 11.1 Å². The van der Waals surface area contributed by atoms with Crippen LogP contribution in [0.3, 0.4) is 0 Å². The van der Waals surface area contributed by atoms with Crippen LogP contribution in [0.5, 0.6) is 0 Å². The summed E-state index contributed by atoms with van der Waals surface area (Å²) in [5.74, 6) is 0.755. The first-order chi connectivity index (χ1) is 10.8. The van der Waals surface area contributed by atoms with Crippen LogP contribution < -0.4 is 0 Å². The highest BCUT2D eigenvalue weighted by Gasteiger charge is 2.10. The van der Waals surface area contributed by atoms with Gasteiger partial charge in [0.1, 0.15) is 0 Å². The first kappa shape index (κ1) is 12.7. The Morgan fingerprint density at radius 3 is 2.41 bits per heavy atom. The molecule has 106 valence electrons. The molecule has 0 aliphatic rings. The molecule has 4 aromatic rings. The van der Waals surface area contributed by atoms with Gasteiger partial charge in [-0.1, -0.05) is 54.1 Å². The van der Waals surface area contributed by atoms with Crippen LogP contribution in [-0.4, -0.2) is 19.8 Å². The third kappa shape index (κ3) is 2.15. The Bertz CT molecular complexity index is 942. The topological polar surface area (TPSA) is 43.1 Å². The zero-order chi connectivity index (χ0) is 14.9. The summed E-state index contributed by atoms with van der Waals surface area (Å²) in [5, 5.41) is 13.2. The fraction of sp³-hybridized carbons (Fsp3) is 0.0556. The summed E-state index contributed by atoms with van der Waals surface area (Å²) in [6.07, 6.45) is 0. The predicted molar refractivity (Wildman–Crippen MR) is 86.4 cm³/mol. The Labute approximate surface area is 128 Å². The summed E-state index contributed by atoms with van der Waals surface area (Å²) in [6, 6.07) is 22.2. The Hall–Kier alpha value is -3.01. The zero-order valence-corrected chi connectivity index (χ0v) is 12.1. The van der Waals surface area contributed by atoms with Crippen molar-refractivity contribution < 1.29 is 0 Å². The number of hydrogen-bond donors (Lipinski definition) is 0. The van der Waals surface area contributed by atoms with Gasteiger partial charge < -0.3 is 0 Å². The number of rotatable bonds is 2. The molecule has 0 atom stereocenters. The molecule has 0 amide bonds. The maximum Gasteiger partial charge on any atom is 0.185 e. The summed E-state index contributed by atoms with van der Waals surface area (Å²) in [6.45, 7) is 2.08. The largest absolute Gasteiger partial charge is 0.192 e. The fourth-order valence-electron chi connectivity index (χ4n) is 2.51. The fourth-order valence-corrected chi connectivity index (χ4v) is 2.51. The Morgan fingerprint density at radius 1 is 0.773 bits per heavy atom. The molecule has 0 unspecified atom stereocenters. The number of benzene rings is 2. The van der Waals surface area contributed by atoms with Gasteiger partial charge in [-0.2, -0.15) is 9.61 Å². The third-order valence-corrected chi connectivity index (χ3v) is 3.61. The minimum atomic E-state index is 0.746. The number of fused-ring (bicyclic) bond motifs is 1. The Balaban J connectivity index is 1.90. The van der Waals surface area contributed by atoms with Crippen molar-refractivity contribution in [2.45, 2.75) is 6.92 Å². The average molecular weight is 286 g/mol. The SMILES string of the molecule is Cc1cccc(-c2ccc3nnc(-c4ccccc4)n3n2)c1. The smallest absolute Gasteiger partial charge is 0.185 e. The van der Waals surface area contributed by atoms with Gasteiger partial charge in [-0.05, 0) is 25.1 Å². The molecule has 4 nitrogen and oxygen atoms in total.